The topological polar surface area (TPSA) is 55.9 Å². The van der Waals surface area contributed by atoms with Crippen molar-refractivity contribution in [3.8, 4) is 0 Å². The summed E-state index contributed by atoms with van der Waals surface area (Å²) in [6.45, 7) is 0. The second-order valence-electron chi connectivity index (χ2n) is 5.37. The molecule has 3 rings (SSSR count). The average Bonchev–Trinajstić information content (AvgIpc) is 2.81. The number of hydrogen-bond donors (Lipinski definition) is 2. The predicted molar refractivity (Wildman–Crippen MR) is 75.2 cm³/mol. The summed E-state index contributed by atoms with van der Waals surface area (Å²) < 4.78 is 2.05. The lowest BCUT2D eigenvalue weighted by Crippen LogP contribution is -2.49. The van der Waals surface area contributed by atoms with E-state index in [1.807, 2.05) is 24.0 Å². The van der Waals surface area contributed by atoms with Crippen LogP contribution in [-0.4, -0.2) is 9.55 Å². The molecule has 0 aliphatic heterocycles. The number of nitrogens with zero attached hydrogens (tertiary/aromatic N) is 2. The van der Waals surface area contributed by atoms with Gasteiger partial charge in [-0.05, 0) is 18.4 Å². The number of rotatable bonds is 4. The molecule has 0 amide bonds. The fourth-order valence-electron chi connectivity index (χ4n) is 3.21. The van der Waals surface area contributed by atoms with E-state index in [4.69, 9.17) is 5.84 Å². The molecule has 1 atom stereocenters. The molecule has 4 heteroatoms. The molecule has 0 saturated heterocycles. The second-order valence-corrected chi connectivity index (χ2v) is 5.37. The summed E-state index contributed by atoms with van der Waals surface area (Å²) in [5.41, 5.74) is 4.44. The maximum absolute atomic E-state index is 5.86. The normalized spacial score (nSPS) is 18.8. The Hall–Kier alpha value is -1.65. The van der Waals surface area contributed by atoms with Gasteiger partial charge in [-0.25, -0.2) is 10.4 Å². The van der Waals surface area contributed by atoms with Gasteiger partial charge in [-0.1, -0.05) is 36.8 Å². The molecule has 1 heterocycles. The van der Waals surface area contributed by atoms with Gasteiger partial charge in [0, 0.05) is 24.9 Å². The number of benzene rings is 1. The number of hydrogen-bond acceptors (Lipinski definition) is 3. The van der Waals surface area contributed by atoms with E-state index in [9.17, 15) is 0 Å². The van der Waals surface area contributed by atoms with E-state index in [1.54, 1.807) is 0 Å². The van der Waals surface area contributed by atoms with E-state index in [-0.39, 0.29) is 11.5 Å². The Labute approximate surface area is 113 Å². The molecule has 1 unspecified atom stereocenters. The molecule has 0 bridgehead atoms. The number of hydrazine groups is 1. The third-order valence-corrected chi connectivity index (χ3v) is 4.43. The maximum atomic E-state index is 5.86. The quantitative estimate of drug-likeness (QED) is 0.650. The number of aryl methyl sites for hydroxylation is 1. The van der Waals surface area contributed by atoms with Crippen LogP contribution in [0.3, 0.4) is 0 Å². The summed E-state index contributed by atoms with van der Waals surface area (Å²) in [4.78, 5) is 4.48. The van der Waals surface area contributed by atoms with Crippen molar-refractivity contribution in [2.45, 2.75) is 30.7 Å². The molecule has 0 radical (unpaired) electrons. The molecular weight excluding hydrogens is 236 g/mol. The van der Waals surface area contributed by atoms with E-state index in [1.165, 1.54) is 12.0 Å². The monoisotopic (exact) mass is 256 g/mol. The van der Waals surface area contributed by atoms with Crippen LogP contribution in [0, 0.1) is 0 Å². The molecule has 1 saturated carbocycles. The summed E-state index contributed by atoms with van der Waals surface area (Å²) in [6, 6.07) is 10.7. The molecule has 1 aromatic carbocycles. The highest BCUT2D eigenvalue weighted by Crippen LogP contribution is 2.51. The Kier molecular flexibility index (Phi) is 3.12. The SMILES string of the molecule is Cn1ccnc1C(NN)C1(c2ccccc2)CCC1. The second kappa shape index (κ2) is 4.79. The van der Waals surface area contributed by atoms with E-state index in [2.05, 4.69) is 40.7 Å². The predicted octanol–water partition coefficient (Wildman–Crippen LogP) is 2.05. The van der Waals surface area contributed by atoms with Crippen LogP contribution in [0.2, 0.25) is 0 Å². The summed E-state index contributed by atoms with van der Waals surface area (Å²) in [6.07, 6.45) is 7.35. The van der Waals surface area contributed by atoms with Crippen molar-refractivity contribution in [3.63, 3.8) is 0 Å². The Morgan fingerprint density at radius 3 is 2.53 bits per heavy atom. The van der Waals surface area contributed by atoms with Crippen molar-refractivity contribution in [2.75, 3.05) is 0 Å². The van der Waals surface area contributed by atoms with Gasteiger partial charge in [0.1, 0.15) is 5.82 Å². The minimum absolute atomic E-state index is 0.0589. The molecular formula is C15H20N4. The highest BCUT2D eigenvalue weighted by atomic mass is 15.3. The smallest absolute Gasteiger partial charge is 0.127 e. The molecule has 0 spiro atoms. The first kappa shape index (κ1) is 12.4. The van der Waals surface area contributed by atoms with Crippen LogP contribution >= 0.6 is 0 Å². The van der Waals surface area contributed by atoms with Gasteiger partial charge in [-0.2, -0.15) is 0 Å². The number of nitrogens with two attached hydrogens (primary N) is 1. The summed E-state index contributed by atoms with van der Waals surface area (Å²) in [7, 11) is 2.02. The lowest BCUT2D eigenvalue weighted by molar-refractivity contribution is 0.162. The van der Waals surface area contributed by atoms with Crippen LogP contribution in [0.1, 0.15) is 36.7 Å². The van der Waals surface area contributed by atoms with E-state index in [0.29, 0.717) is 0 Å². The fourth-order valence-corrected chi connectivity index (χ4v) is 3.21. The van der Waals surface area contributed by atoms with Gasteiger partial charge in [-0.15, -0.1) is 0 Å². The van der Waals surface area contributed by atoms with Gasteiger partial charge < -0.3 is 4.57 Å². The highest BCUT2D eigenvalue weighted by Gasteiger charge is 2.47. The minimum atomic E-state index is 0.0589. The van der Waals surface area contributed by atoms with Crippen LogP contribution < -0.4 is 11.3 Å². The summed E-state index contributed by atoms with van der Waals surface area (Å²) in [5, 5.41) is 0. The first-order valence-corrected chi connectivity index (χ1v) is 6.77. The van der Waals surface area contributed by atoms with Gasteiger partial charge in [0.05, 0.1) is 6.04 Å². The van der Waals surface area contributed by atoms with Crippen molar-refractivity contribution in [3.05, 3.63) is 54.1 Å². The Balaban J connectivity index is 2.04. The largest absolute Gasteiger partial charge is 0.337 e. The van der Waals surface area contributed by atoms with Crippen LogP contribution in [-0.2, 0) is 12.5 Å². The zero-order chi connectivity index (χ0) is 13.3. The molecule has 1 aliphatic rings. The number of imidazole rings is 1. The maximum Gasteiger partial charge on any atom is 0.127 e. The van der Waals surface area contributed by atoms with Crippen molar-refractivity contribution in [2.24, 2.45) is 12.9 Å². The van der Waals surface area contributed by atoms with Crippen molar-refractivity contribution >= 4 is 0 Å². The van der Waals surface area contributed by atoms with Crippen molar-refractivity contribution in [1.29, 1.82) is 0 Å². The average molecular weight is 256 g/mol. The Bertz CT molecular complexity index is 542. The van der Waals surface area contributed by atoms with E-state index < -0.39 is 0 Å². The molecule has 100 valence electrons. The molecule has 3 N–H and O–H groups in total. The minimum Gasteiger partial charge on any atom is -0.337 e. The molecule has 1 fully saturated rings. The van der Waals surface area contributed by atoms with Gasteiger partial charge in [0.2, 0.25) is 0 Å². The van der Waals surface area contributed by atoms with Crippen LogP contribution in [0.4, 0.5) is 0 Å². The fraction of sp³-hybridized carbons (Fsp3) is 0.400. The van der Waals surface area contributed by atoms with Gasteiger partial charge in [0.15, 0.2) is 0 Å². The Morgan fingerprint density at radius 1 is 1.32 bits per heavy atom. The summed E-state index contributed by atoms with van der Waals surface area (Å²) in [5.74, 6) is 6.87. The van der Waals surface area contributed by atoms with Gasteiger partial charge in [-0.3, -0.25) is 5.84 Å². The van der Waals surface area contributed by atoms with Crippen LogP contribution in [0.5, 0.6) is 0 Å². The number of nitrogens with one attached hydrogen (secondary N) is 1. The van der Waals surface area contributed by atoms with Gasteiger partial charge in [0.25, 0.3) is 0 Å². The lowest BCUT2D eigenvalue weighted by atomic mass is 9.60. The molecule has 1 aromatic heterocycles. The zero-order valence-electron chi connectivity index (χ0n) is 11.2. The highest BCUT2D eigenvalue weighted by molar-refractivity contribution is 5.32. The van der Waals surface area contributed by atoms with E-state index in [0.717, 1.165) is 18.7 Å². The van der Waals surface area contributed by atoms with Crippen molar-refractivity contribution < 1.29 is 0 Å². The number of aromatic nitrogens is 2. The standard InChI is InChI=1S/C15H20N4/c1-19-11-10-17-14(19)13(18-16)15(8-5-9-15)12-6-3-2-4-7-12/h2-4,6-7,10-11,13,18H,5,8-9,16H2,1H3. The first-order chi connectivity index (χ1) is 9.28. The first-order valence-electron chi connectivity index (χ1n) is 6.77. The third kappa shape index (κ3) is 1.88. The summed E-state index contributed by atoms with van der Waals surface area (Å²) >= 11 is 0. The van der Waals surface area contributed by atoms with Crippen LogP contribution in [0.25, 0.3) is 0 Å². The zero-order valence-corrected chi connectivity index (χ0v) is 11.2. The lowest BCUT2D eigenvalue weighted by Gasteiger charge is -2.47. The molecule has 19 heavy (non-hydrogen) atoms. The Morgan fingerprint density at radius 2 is 2.05 bits per heavy atom. The third-order valence-electron chi connectivity index (χ3n) is 4.43. The molecule has 4 nitrogen and oxygen atoms in total. The molecule has 1 aliphatic carbocycles. The molecule has 2 aromatic rings. The van der Waals surface area contributed by atoms with Crippen molar-refractivity contribution in [1.82, 2.24) is 15.0 Å². The van der Waals surface area contributed by atoms with Crippen LogP contribution in [0.15, 0.2) is 42.7 Å². The van der Waals surface area contributed by atoms with E-state index >= 15 is 0 Å². The van der Waals surface area contributed by atoms with Gasteiger partial charge >= 0.3 is 0 Å².